The van der Waals surface area contributed by atoms with Crippen LogP contribution in [0.15, 0.2) is 18.2 Å². The molecule has 0 saturated carbocycles. The molecule has 2 heterocycles. The maximum absolute atomic E-state index is 5.97. The first-order valence-electron chi connectivity index (χ1n) is 8.49. The van der Waals surface area contributed by atoms with E-state index >= 15 is 0 Å². The molecule has 1 fully saturated rings. The van der Waals surface area contributed by atoms with Gasteiger partial charge in [0.05, 0.1) is 6.61 Å². The third-order valence-corrected chi connectivity index (χ3v) is 5.01. The maximum atomic E-state index is 5.97. The van der Waals surface area contributed by atoms with Gasteiger partial charge >= 0.3 is 0 Å². The van der Waals surface area contributed by atoms with Crippen molar-refractivity contribution in [2.75, 3.05) is 26.2 Å². The highest BCUT2D eigenvalue weighted by atomic mass is 16.5. The SMILES string of the molecule is CCN1CCCC1CNC1CCCOc2c(C)cccc21. The monoisotopic (exact) mass is 288 g/mol. The van der Waals surface area contributed by atoms with Crippen molar-refractivity contribution in [2.24, 2.45) is 0 Å². The minimum atomic E-state index is 0.446. The highest BCUT2D eigenvalue weighted by Crippen LogP contribution is 2.34. The molecule has 3 nitrogen and oxygen atoms in total. The zero-order chi connectivity index (χ0) is 14.7. The van der Waals surface area contributed by atoms with Crippen LogP contribution in [-0.4, -0.2) is 37.2 Å². The Balaban J connectivity index is 1.69. The molecule has 21 heavy (non-hydrogen) atoms. The van der Waals surface area contributed by atoms with E-state index in [4.69, 9.17) is 4.74 Å². The summed E-state index contributed by atoms with van der Waals surface area (Å²) < 4.78 is 5.97. The molecule has 1 aromatic carbocycles. The number of fused-ring (bicyclic) bond motifs is 1. The van der Waals surface area contributed by atoms with Gasteiger partial charge < -0.3 is 10.1 Å². The molecular weight excluding hydrogens is 260 g/mol. The van der Waals surface area contributed by atoms with Crippen LogP contribution in [0.25, 0.3) is 0 Å². The Morgan fingerprint density at radius 1 is 1.29 bits per heavy atom. The van der Waals surface area contributed by atoms with Crippen LogP contribution in [0.3, 0.4) is 0 Å². The first-order chi connectivity index (χ1) is 10.3. The number of hydrogen-bond donors (Lipinski definition) is 1. The van der Waals surface area contributed by atoms with Gasteiger partial charge in [-0.1, -0.05) is 25.1 Å². The van der Waals surface area contributed by atoms with E-state index in [2.05, 4.69) is 42.3 Å². The second-order valence-electron chi connectivity index (χ2n) is 6.37. The molecule has 2 unspecified atom stereocenters. The van der Waals surface area contributed by atoms with E-state index < -0.39 is 0 Å². The molecule has 116 valence electrons. The number of likely N-dealkylation sites (tertiary alicyclic amines) is 1. The van der Waals surface area contributed by atoms with Crippen LogP contribution < -0.4 is 10.1 Å². The summed E-state index contributed by atoms with van der Waals surface area (Å²) in [6.07, 6.45) is 5.00. The molecule has 0 radical (unpaired) electrons. The van der Waals surface area contributed by atoms with Crippen LogP contribution in [0.2, 0.25) is 0 Å². The topological polar surface area (TPSA) is 24.5 Å². The van der Waals surface area contributed by atoms with Gasteiger partial charge in [0.15, 0.2) is 0 Å². The Morgan fingerprint density at radius 3 is 3.05 bits per heavy atom. The Kier molecular flexibility index (Phi) is 4.81. The zero-order valence-corrected chi connectivity index (χ0v) is 13.4. The molecule has 0 spiro atoms. The van der Waals surface area contributed by atoms with Gasteiger partial charge in [-0.05, 0) is 51.3 Å². The Labute approximate surface area is 128 Å². The predicted molar refractivity (Wildman–Crippen MR) is 86.9 cm³/mol. The lowest BCUT2D eigenvalue weighted by atomic mass is 9.99. The van der Waals surface area contributed by atoms with Gasteiger partial charge in [-0.2, -0.15) is 0 Å². The molecule has 0 bridgehead atoms. The maximum Gasteiger partial charge on any atom is 0.126 e. The van der Waals surface area contributed by atoms with E-state index in [-0.39, 0.29) is 0 Å². The van der Waals surface area contributed by atoms with Crippen LogP contribution in [0.4, 0.5) is 0 Å². The third kappa shape index (κ3) is 3.24. The van der Waals surface area contributed by atoms with Gasteiger partial charge in [-0.15, -0.1) is 0 Å². The van der Waals surface area contributed by atoms with E-state index in [0.717, 1.165) is 25.3 Å². The first-order valence-corrected chi connectivity index (χ1v) is 8.49. The average molecular weight is 288 g/mol. The van der Waals surface area contributed by atoms with Crippen LogP contribution in [0, 0.1) is 6.92 Å². The highest BCUT2D eigenvalue weighted by molar-refractivity contribution is 5.43. The molecule has 2 atom stereocenters. The minimum absolute atomic E-state index is 0.446. The molecule has 0 aromatic heterocycles. The van der Waals surface area contributed by atoms with Crippen molar-refractivity contribution >= 4 is 0 Å². The molecule has 0 amide bonds. The number of nitrogens with one attached hydrogen (secondary N) is 1. The molecule has 2 aliphatic rings. The van der Waals surface area contributed by atoms with Crippen LogP contribution in [0.5, 0.6) is 5.75 Å². The summed E-state index contributed by atoms with van der Waals surface area (Å²) in [5.74, 6) is 1.12. The van der Waals surface area contributed by atoms with E-state index in [0.29, 0.717) is 12.1 Å². The summed E-state index contributed by atoms with van der Waals surface area (Å²) in [7, 11) is 0. The van der Waals surface area contributed by atoms with E-state index in [1.165, 1.54) is 43.5 Å². The van der Waals surface area contributed by atoms with Gasteiger partial charge in [0, 0.05) is 24.2 Å². The lowest BCUT2D eigenvalue weighted by Crippen LogP contribution is -2.39. The van der Waals surface area contributed by atoms with Crippen LogP contribution in [0.1, 0.15) is 49.8 Å². The molecule has 0 aliphatic carbocycles. The van der Waals surface area contributed by atoms with Crippen molar-refractivity contribution < 1.29 is 4.74 Å². The summed E-state index contributed by atoms with van der Waals surface area (Å²) in [4.78, 5) is 2.61. The lowest BCUT2D eigenvalue weighted by Gasteiger charge is -2.26. The van der Waals surface area contributed by atoms with E-state index in [1.54, 1.807) is 0 Å². The molecular formula is C18H28N2O. The van der Waals surface area contributed by atoms with Crippen molar-refractivity contribution in [1.29, 1.82) is 0 Å². The Hall–Kier alpha value is -1.06. The number of likely N-dealkylation sites (N-methyl/N-ethyl adjacent to an activating group) is 1. The Morgan fingerprint density at radius 2 is 2.19 bits per heavy atom. The summed E-state index contributed by atoms with van der Waals surface area (Å²) in [5.41, 5.74) is 2.62. The summed E-state index contributed by atoms with van der Waals surface area (Å²) >= 11 is 0. The van der Waals surface area contributed by atoms with Gasteiger partial charge in [0.1, 0.15) is 5.75 Å². The normalized spacial score (nSPS) is 26.2. The number of rotatable bonds is 4. The fourth-order valence-electron chi connectivity index (χ4n) is 3.80. The standard InChI is InChI=1S/C18H28N2O/c1-3-20-11-5-8-15(20)13-19-17-10-6-12-21-18-14(2)7-4-9-16(17)18/h4,7,9,15,17,19H,3,5-6,8,10-13H2,1-2H3. The van der Waals surface area contributed by atoms with Crippen molar-refractivity contribution in [1.82, 2.24) is 10.2 Å². The van der Waals surface area contributed by atoms with Crippen LogP contribution in [-0.2, 0) is 0 Å². The predicted octanol–water partition coefficient (Wildman–Crippen LogP) is 3.28. The molecule has 1 aromatic rings. The van der Waals surface area contributed by atoms with Crippen molar-refractivity contribution in [3.05, 3.63) is 29.3 Å². The van der Waals surface area contributed by atoms with Gasteiger partial charge in [-0.25, -0.2) is 0 Å². The van der Waals surface area contributed by atoms with Gasteiger partial charge in [-0.3, -0.25) is 4.90 Å². The van der Waals surface area contributed by atoms with Crippen LogP contribution >= 0.6 is 0 Å². The van der Waals surface area contributed by atoms with Gasteiger partial charge in [0.2, 0.25) is 0 Å². The van der Waals surface area contributed by atoms with Crippen molar-refractivity contribution in [3.8, 4) is 5.75 Å². The van der Waals surface area contributed by atoms with Crippen molar-refractivity contribution in [3.63, 3.8) is 0 Å². The summed E-state index contributed by atoms with van der Waals surface area (Å²) in [6.45, 7) is 8.82. The highest BCUT2D eigenvalue weighted by Gasteiger charge is 2.25. The van der Waals surface area contributed by atoms with Gasteiger partial charge in [0.25, 0.3) is 0 Å². The number of ether oxygens (including phenoxy) is 1. The third-order valence-electron chi connectivity index (χ3n) is 5.01. The smallest absolute Gasteiger partial charge is 0.126 e. The number of para-hydroxylation sites is 1. The fourth-order valence-corrected chi connectivity index (χ4v) is 3.80. The van der Waals surface area contributed by atoms with E-state index in [1.807, 2.05) is 0 Å². The number of hydrogen-bond acceptors (Lipinski definition) is 3. The fraction of sp³-hybridized carbons (Fsp3) is 0.667. The number of aryl methyl sites for hydroxylation is 1. The number of benzene rings is 1. The largest absolute Gasteiger partial charge is 0.493 e. The quantitative estimate of drug-likeness (QED) is 0.920. The minimum Gasteiger partial charge on any atom is -0.493 e. The second-order valence-corrected chi connectivity index (χ2v) is 6.37. The second kappa shape index (κ2) is 6.80. The lowest BCUT2D eigenvalue weighted by molar-refractivity contribution is 0.252. The Bertz CT molecular complexity index is 474. The molecule has 3 heteroatoms. The molecule has 2 aliphatic heterocycles. The van der Waals surface area contributed by atoms with E-state index in [9.17, 15) is 0 Å². The zero-order valence-electron chi connectivity index (χ0n) is 13.4. The summed E-state index contributed by atoms with van der Waals surface area (Å²) in [5, 5.41) is 3.83. The molecule has 1 N–H and O–H groups in total. The average Bonchev–Trinajstić information content (AvgIpc) is 2.85. The van der Waals surface area contributed by atoms with Crippen molar-refractivity contribution in [2.45, 2.75) is 51.6 Å². The first kappa shape index (κ1) is 14.9. The number of nitrogens with zero attached hydrogens (tertiary/aromatic N) is 1. The molecule has 1 saturated heterocycles. The molecule has 3 rings (SSSR count). The summed E-state index contributed by atoms with van der Waals surface area (Å²) in [6, 6.07) is 7.70.